The molecule has 0 saturated carbocycles. The minimum absolute atomic E-state index is 0.132. The molecule has 0 saturated heterocycles. The van der Waals surface area contributed by atoms with Crippen LogP contribution in [0, 0.1) is 0 Å². The van der Waals surface area contributed by atoms with E-state index in [1.807, 2.05) is 24.3 Å². The molecule has 1 aromatic rings. The lowest BCUT2D eigenvalue weighted by molar-refractivity contribution is 0.309. The standard InChI is InChI=1S/C12H18N4O/c1-2-3-8-17-11-6-4-10(5-7-11)16-12(14)15-9-13/h4-7,9H,2-3,8H2,1H3,(H4,13,14,15,16). The van der Waals surface area contributed by atoms with Crippen molar-refractivity contribution in [1.82, 2.24) is 0 Å². The molecule has 0 aliphatic heterocycles. The van der Waals surface area contributed by atoms with Crippen LogP contribution in [0.1, 0.15) is 19.8 Å². The number of benzene rings is 1. The predicted octanol–water partition coefficient (Wildman–Crippen LogP) is 1.80. The lowest BCUT2D eigenvalue weighted by Gasteiger charge is -2.04. The van der Waals surface area contributed by atoms with Gasteiger partial charge in [0.15, 0.2) is 0 Å². The van der Waals surface area contributed by atoms with Crippen LogP contribution in [0.15, 0.2) is 34.3 Å². The number of unbranched alkanes of at least 4 members (excludes halogenated alkanes) is 1. The van der Waals surface area contributed by atoms with E-state index in [-0.39, 0.29) is 5.96 Å². The molecule has 0 spiro atoms. The summed E-state index contributed by atoms with van der Waals surface area (Å²) < 4.78 is 5.52. The Morgan fingerprint density at radius 2 is 2.06 bits per heavy atom. The molecule has 0 atom stereocenters. The highest BCUT2D eigenvalue weighted by Crippen LogP contribution is 2.18. The molecule has 0 unspecified atom stereocenters. The second kappa shape index (κ2) is 7.27. The Bertz CT molecular complexity index is 384. The van der Waals surface area contributed by atoms with Crippen molar-refractivity contribution in [2.45, 2.75) is 19.8 Å². The lowest BCUT2D eigenvalue weighted by atomic mass is 10.3. The first-order valence-electron chi connectivity index (χ1n) is 5.57. The van der Waals surface area contributed by atoms with Crippen LogP contribution in [0.25, 0.3) is 0 Å². The Hall–Kier alpha value is -2.04. The third-order valence-electron chi connectivity index (χ3n) is 2.05. The highest BCUT2D eigenvalue weighted by atomic mass is 16.5. The number of guanidine groups is 1. The van der Waals surface area contributed by atoms with Crippen molar-refractivity contribution in [3.8, 4) is 5.75 Å². The van der Waals surface area contributed by atoms with Crippen molar-refractivity contribution in [1.29, 1.82) is 0 Å². The number of nitrogens with zero attached hydrogens (tertiary/aromatic N) is 2. The van der Waals surface area contributed by atoms with E-state index in [9.17, 15) is 0 Å². The van der Waals surface area contributed by atoms with Crippen LogP contribution >= 0.6 is 0 Å². The van der Waals surface area contributed by atoms with Crippen LogP contribution in [0.3, 0.4) is 0 Å². The van der Waals surface area contributed by atoms with Gasteiger partial charge in [-0.3, -0.25) is 0 Å². The summed E-state index contributed by atoms with van der Waals surface area (Å²) in [5.41, 5.74) is 11.3. The molecule has 0 fully saturated rings. The normalized spacial score (nSPS) is 11.9. The van der Waals surface area contributed by atoms with E-state index in [0.29, 0.717) is 0 Å². The molecule has 5 heteroatoms. The first-order chi connectivity index (χ1) is 8.26. The molecule has 0 radical (unpaired) electrons. The maximum Gasteiger partial charge on any atom is 0.221 e. The first-order valence-corrected chi connectivity index (χ1v) is 5.57. The number of hydrogen-bond donors (Lipinski definition) is 2. The van der Waals surface area contributed by atoms with E-state index in [1.54, 1.807) is 0 Å². The largest absolute Gasteiger partial charge is 0.494 e. The van der Waals surface area contributed by atoms with Gasteiger partial charge in [0.05, 0.1) is 18.6 Å². The zero-order chi connectivity index (χ0) is 12.5. The van der Waals surface area contributed by atoms with Crippen molar-refractivity contribution in [2.75, 3.05) is 6.61 Å². The van der Waals surface area contributed by atoms with Crippen molar-refractivity contribution in [3.63, 3.8) is 0 Å². The first kappa shape index (κ1) is 13.0. The summed E-state index contributed by atoms with van der Waals surface area (Å²) in [5, 5.41) is 0. The average Bonchev–Trinajstić information content (AvgIpc) is 2.32. The van der Waals surface area contributed by atoms with Crippen LogP contribution in [-0.2, 0) is 0 Å². The smallest absolute Gasteiger partial charge is 0.221 e. The van der Waals surface area contributed by atoms with Gasteiger partial charge < -0.3 is 16.2 Å². The Labute approximate surface area is 101 Å². The van der Waals surface area contributed by atoms with Crippen LogP contribution in [0.4, 0.5) is 5.69 Å². The van der Waals surface area contributed by atoms with E-state index in [2.05, 4.69) is 16.9 Å². The molecular weight excluding hydrogens is 216 g/mol. The maximum absolute atomic E-state index is 5.52. The zero-order valence-electron chi connectivity index (χ0n) is 9.97. The highest BCUT2D eigenvalue weighted by molar-refractivity contribution is 5.87. The van der Waals surface area contributed by atoms with Gasteiger partial charge in [-0.2, -0.15) is 0 Å². The highest BCUT2D eigenvalue weighted by Gasteiger charge is 1.95. The summed E-state index contributed by atoms with van der Waals surface area (Å²) >= 11 is 0. The molecule has 17 heavy (non-hydrogen) atoms. The number of ether oxygens (including phenoxy) is 1. The maximum atomic E-state index is 5.52. The van der Waals surface area contributed by atoms with Crippen molar-refractivity contribution in [3.05, 3.63) is 24.3 Å². The molecule has 4 N–H and O–H groups in total. The number of hydrogen-bond acceptors (Lipinski definition) is 2. The summed E-state index contributed by atoms with van der Waals surface area (Å²) in [6, 6.07) is 7.35. The van der Waals surface area contributed by atoms with Gasteiger partial charge in [0.25, 0.3) is 0 Å². The summed E-state index contributed by atoms with van der Waals surface area (Å²) in [5.74, 6) is 0.963. The molecule has 0 aromatic heterocycles. The Morgan fingerprint density at radius 3 is 2.65 bits per heavy atom. The van der Waals surface area contributed by atoms with Gasteiger partial charge in [0.1, 0.15) is 5.75 Å². The Kier molecular flexibility index (Phi) is 5.57. The molecular formula is C12H18N4O. The van der Waals surface area contributed by atoms with Gasteiger partial charge in [-0.1, -0.05) is 13.3 Å². The van der Waals surface area contributed by atoms with Gasteiger partial charge in [-0.15, -0.1) is 0 Å². The van der Waals surface area contributed by atoms with Crippen LogP contribution in [-0.4, -0.2) is 18.9 Å². The molecule has 1 aromatic carbocycles. The third kappa shape index (κ3) is 5.01. The third-order valence-corrected chi connectivity index (χ3v) is 2.05. The molecule has 0 aliphatic carbocycles. The van der Waals surface area contributed by atoms with Crippen LogP contribution in [0.5, 0.6) is 5.75 Å². The fourth-order valence-electron chi connectivity index (χ4n) is 1.19. The Morgan fingerprint density at radius 1 is 1.35 bits per heavy atom. The van der Waals surface area contributed by atoms with Crippen LogP contribution < -0.4 is 16.2 Å². The fourth-order valence-corrected chi connectivity index (χ4v) is 1.19. The van der Waals surface area contributed by atoms with Crippen molar-refractivity contribution >= 4 is 18.0 Å². The van der Waals surface area contributed by atoms with Crippen molar-refractivity contribution < 1.29 is 4.74 Å². The molecule has 0 bridgehead atoms. The number of aliphatic imine (C=N–C) groups is 2. The minimum Gasteiger partial charge on any atom is -0.494 e. The molecule has 5 nitrogen and oxygen atoms in total. The summed E-state index contributed by atoms with van der Waals surface area (Å²) in [6.45, 7) is 2.86. The summed E-state index contributed by atoms with van der Waals surface area (Å²) in [4.78, 5) is 7.70. The minimum atomic E-state index is 0.132. The average molecular weight is 234 g/mol. The predicted molar refractivity (Wildman–Crippen MR) is 70.8 cm³/mol. The second-order valence-corrected chi connectivity index (χ2v) is 3.44. The Balaban J connectivity index is 2.58. The van der Waals surface area contributed by atoms with E-state index < -0.39 is 0 Å². The molecule has 1 rings (SSSR count). The number of nitrogens with two attached hydrogens (primary N) is 2. The van der Waals surface area contributed by atoms with E-state index in [4.69, 9.17) is 16.2 Å². The monoisotopic (exact) mass is 234 g/mol. The topological polar surface area (TPSA) is 86.0 Å². The van der Waals surface area contributed by atoms with Gasteiger partial charge in [0, 0.05) is 0 Å². The van der Waals surface area contributed by atoms with Crippen molar-refractivity contribution in [2.24, 2.45) is 21.5 Å². The summed E-state index contributed by atoms with van der Waals surface area (Å²) in [6.07, 6.45) is 3.29. The molecule has 0 amide bonds. The molecule has 0 aliphatic rings. The quantitative estimate of drug-likeness (QED) is 0.462. The summed E-state index contributed by atoms with van der Waals surface area (Å²) in [7, 11) is 0. The fraction of sp³-hybridized carbons (Fsp3) is 0.333. The number of rotatable bonds is 5. The van der Waals surface area contributed by atoms with E-state index >= 15 is 0 Å². The van der Waals surface area contributed by atoms with Gasteiger partial charge in [-0.25, -0.2) is 9.98 Å². The van der Waals surface area contributed by atoms with E-state index in [0.717, 1.165) is 37.2 Å². The van der Waals surface area contributed by atoms with Gasteiger partial charge in [-0.05, 0) is 30.7 Å². The molecule has 92 valence electrons. The molecule has 0 heterocycles. The van der Waals surface area contributed by atoms with Gasteiger partial charge in [0.2, 0.25) is 5.96 Å². The second-order valence-electron chi connectivity index (χ2n) is 3.44. The SMILES string of the molecule is CCCCOc1ccc(N=C(N)/N=C\N)cc1. The lowest BCUT2D eigenvalue weighted by Crippen LogP contribution is -2.09. The van der Waals surface area contributed by atoms with Gasteiger partial charge >= 0.3 is 0 Å². The van der Waals surface area contributed by atoms with Crippen LogP contribution in [0.2, 0.25) is 0 Å². The van der Waals surface area contributed by atoms with E-state index in [1.165, 1.54) is 0 Å². The zero-order valence-corrected chi connectivity index (χ0v) is 9.97.